The minimum atomic E-state index is -3.53. The summed E-state index contributed by atoms with van der Waals surface area (Å²) < 4.78 is 39.5. The zero-order chi connectivity index (χ0) is 26.1. The van der Waals surface area contributed by atoms with Crippen molar-refractivity contribution in [1.82, 2.24) is 10.2 Å². The Morgan fingerprint density at radius 1 is 1.06 bits per heavy atom. The summed E-state index contributed by atoms with van der Waals surface area (Å²) in [4.78, 5) is 28.1. The quantitative estimate of drug-likeness (QED) is 0.456. The Morgan fingerprint density at radius 3 is 2.28 bits per heavy atom. The number of hydrogen-bond acceptors (Lipinski definition) is 4. The fourth-order valence-electron chi connectivity index (χ4n) is 4.67. The van der Waals surface area contributed by atoms with Gasteiger partial charge in [0, 0.05) is 25.6 Å². The molecule has 2 amide bonds. The highest BCUT2D eigenvalue weighted by Gasteiger charge is 2.30. The van der Waals surface area contributed by atoms with Crippen molar-refractivity contribution < 1.29 is 22.4 Å². The Morgan fingerprint density at radius 2 is 1.69 bits per heavy atom. The molecule has 196 valence electrons. The third-order valence-electron chi connectivity index (χ3n) is 6.55. The lowest BCUT2D eigenvalue weighted by Crippen LogP contribution is -2.51. The number of nitrogens with one attached hydrogen (secondary N) is 1. The lowest BCUT2D eigenvalue weighted by molar-refractivity contribution is -0.141. The molecule has 3 rings (SSSR count). The molecular weight excluding hydrogens is 481 g/mol. The SMILES string of the molecule is CC[C@@H](C(=O)NC1CCCC1)N(Cc1ccc(F)cc1)C(=O)CCCN(c1ccccc1)S(C)(=O)=O. The number of nitrogens with zero attached hydrogens (tertiary/aromatic N) is 2. The van der Waals surface area contributed by atoms with Gasteiger partial charge in [0.05, 0.1) is 11.9 Å². The van der Waals surface area contributed by atoms with Crippen LogP contribution in [0.3, 0.4) is 0 Å². The zero-order valence-electron chi connectivity index (χ0n) is 21.0. The van der Waals surface area contributed by atoms with Crippen LogP contribution in [0.1, 0.15) is 57.4 Å². The molecule has 0 radical (unpaired) electrons. The topological polar surface area (TPSA) is 86.8 Å². The van der Waals surface area contributed by atoms with Crippen molar-refractivity contribution in [1.29, 1.82) is 0 Å². The summed E-state index contributed by atoms with van der Waals surface area (Å²) >= 11 is 0. The van der Waals surface area contributed by atoms with E-state index >= 15 is 0 Å². The summed E-state index contributed by atoms with van der Waals surface area (Å²) in [7, 11) is -3.53. The molecule has 0 unspecified atom stereocenters. The molecular formula is C27H36FN3O4S. The van der Waals surface area contributed by atoms with Gasteiger partial charge in [-0.2, -0.15) is 0 Å². The highest BCUT2D eigenvalue weighted by Crippen LogP contribution is 2.21. The van der Waals surface area contributed by atoms with Gasteiger partial charge in [-0.1, -0.05) is 50.1 Å². The normalized spacial score (nSPS) is 14.9. The van der Waals surface area contributed by atoms with Gasteiger partial charge < -0.3 is 10.2 Å². The van der Waals surface area contributed by atoms with E-state index < -0.39 is 16.1 Å². The van der Waals surface area contributed by atoms with Crippen molar-refractivity contribution in [3.63, 3.8) is 0 Å². The van der Waals surface area contributed by atoms with Crippen LogP contribution in [0.4, 0.5) is 10.1 Å². The Balaban J connectivity index is 1.74. The standard InChI is InChI=1S/C27H36FN3O4S/c1-3-25(27(33)29-23-10-7-8-11-23)30(20-21-15-17-22(28)18-16-21)26(32)14-9-19-31(36(2,34)35)24-12-5-4-6-13-24/h4-6,12-13,15-18,23,25H,3,7-11,14,19-20H2,1-2H3,(H,29,33)/t25-/m0/s1. The van der Waals surface area contributed by atoms with Crippen LogP contribution in [0.5, 0.6) is 0 Å². The van der Waals surface area contributed by atoms with Gasteiger partial charge >= 0.3 is 0 Å². The van der Waals surface area contributed by atoms with E-state index in [-0.39, 0.29) is 43.2 Å². The molecule has 0 aliphatic heterocycles. The first kappa shape index (κ1) is 27.6. The molecule has 1 aliphatic carbocycles. The Bertz CT molecular complexity index is 1100. The number of anilines is 1. The van der Waals surface area contributed by atoms with Crippen LogP contribution in [0.2, 0.25) is 0 Å². The fraction of sp³-hybridized carbons (Fsp3) is 0.481. The Hall–Kier alpha value is -2.94. The molecule has 7 nitrogen and oxygen atoms in total. The first-order chi connectivity index (χ1) is 17.2. The maximum Gasteiger partial charge on any atom is 0.243 e. The van der Waals surface area contributed by atoms with Gasteiger partial charge in [0.15, 0.2) is 0 Å². The molecule has 36 heavy (non-hydrogen) atoms. The van der Waals surface area contributed by atoms with Crippen LogP contribution in [-0.4, -0.2) is 50.0 Å². The van der Waals surface area contributed by atoms with E-state index in [0.29, 0.717) is 18.5 Å². The minimum absolute atomic E-state index is 0.0766. The van der Waals surface area contributed by atoms with Gasteiger partial charge in [0.25, 0.3) is 0 Å². The van der Waals surface area contributed by atoms with E-state index in [0.717, 1.165) is 37.5 Å². The number of sulfonamides is 1. The molecule has 1 aliphatic rings. The van der Waals surface area contributed by atoms with E-state index in [9.17, 15) is 22.4 Å². The van der Waals surface area contributed by atoms with Crippen LogP contribution >= 0.6 is 0 Å². The average molecular weight is 518 g/mol. The molecule has 0 saturated heterocycles. The average Bonchev–Trinajstić information content (AvgIpc) is 3.35. The molecule has 0 spiro atoms. The van der Waals surface area contributed by atoms with Gasteiger partial charge in [-0.3, -0.25) is 13.9 Å². The molecule has 1 atom stereocenters. The molecule has 1 N–H and O–H groups in total. The third-order valence-corrected chi connectivity index (χ3v) is 7.74. The number of hydrogen-bond donors (Lipinski definition) is 1. The lowest BCUT2D eigenvalue weighted by atomic mass is 10.1. The van der Waals surface area contributed by atoms with E-state index in [1.807, 2.05) is 13.0 Å². The van der Waals surface area contributed by atoms with Crippen molar-refractivity contribution in [2.75, 3.05) is 17.1 Å². The number of rotatable bonds is 12. The van der Waals surface area contributed by atoms with Crippen molar-refractivity contribution in [2.24, 2.45) is 0 Å². The van der Waals surface area contributed by atoms with Crippen molar-refractivity contribution >= 4 is 27.5 Å². The second kappa shape index (κ2) is 12.9. The summed E-state index contributed by atoms with van der Waals surface area (Å²) in [5, 5.41) is 3.10. The Kier molecular flexibility index (Phi) is 9.87. The second-order valence-electron chi connectivity index (χ2n) is 9.34. The van der Waals surface area contributed by atoms with E-state index in [1.165, 1.54) is 16.4 Å². The van der Waals surface area contributed by atoms with Crippen LogP contribution < -0.4 is 9.62 Å². The van der Waals surface area contributed by atoms with Crippen LogP contribution in [0, 0.1) is 5.82 Å². The molecule has 1 fully saturated rings. The zero-order valence-corrected chi connectivity index (χ0v) is 21.8. The van der Waals surface area contributed by atoms with E-state index in [1.54, 1.807) is 41.3 Å². The molecule has 2 aromatic rings. The van der Waals surface area contributed by atoms with Crippen molar-refractivity contribution in [3.8, 4) is 0 Å². The predicted octanol–water partition coefficient (Wildman–Crippen LogP) is 4.24. The van der Waals surface area contributed by atoms with E-state index in [2.05, 4.69) is 5.32 Å². The van der Waals surface area contributed by atoms with Crippen molar-refractivity contribution in [2.45, 2.75) is 70.5 Å². The van der Waals surface area contributed by atoms with Gasteiger partial charge in [-0.05, 0) is 55.5 Å². The molecule has 0 aromatic heterocycles. The maximum atomic E-state index is 13.4. The molecule has 1 saturated carbocycles. The number of halogens is 1. The molecule has 0 bridgehead atoms. The predicted molar refractivity (Wildman–Crippen MR) is 139 cm³/mol. The number of para-hydroxylation sites is 1. The summed E-state index contributed by atoms with van der Waals surface area (Å²) in [5.74, 6) is -0.791. The smallest absolute Gasteiger partial charge is 0.243 e. The minimum Gasteiger partial charge on any atom is -0.352 e. The molecule has 9 heteroatoms. The van der Waals surface area contributed by atoms with Gasteiger partial charge in [0.1, 0.15) is 11.9 Å². The summed E-state index contributed by atoms with van der Waals surface area (Å²) in [6.07, 6.45) is 5.99. The maximum absolute atomic E-state index is 13.4. The fourth-order valence-corrected chi connectivity index (χ4v) is 5.64. The summed E-state index contributed by atoms with van der Waals surface area (Å²) in [6.45, 7) is 2.18. The summed E-state index contributed by atoms with van der Waals surface area (Å²) in [5.41, 5.74) is 1.26. The van der Waals surface area contributed by atoms with Gasteiger partial charge in [0.2, 0.25) is 21.8 Å². The van der Waals surface area contributed by atoms with Crippen LogP contribution in [-0.2, 0) is 26.2 Å². The van der Waals surface area contributed by atoms with E-state index in [4.69, 9.17) is 0 Å². The monoisotopic (exact) mass is 517 g/mol. The number of benzene rings is 2. The number of carbonyl (C=O) groups is 2. The van der Waals surface area contributed by atoms with Gasteiger partial charge in [-0.25, -0.2) is 12.8 Å². The Labute approximate surface area is 213 Å². The number of carbonyl (C=O) groups excluding carboxylic acids is 2. The second-order valence-corrected chi connectivity index (χ2v) is 11.2. The highest BCUT2D eigenvalue weighted by atomic mass is 32.2. The molecule has 2 aromatic carbocycles. The largest absolute Gasteiger partial charge is 0.352 e. The summed E-state index contributed by atoms with van der Waals surface area (Å²) in [6, 6.07) is 14.1. The van der Waals surface area contributed by atoms with Crippen molar-refractivity contribution in [3.05, 3.63) is 66.0 Å². The van der Waals surface area contributed by atoms with Crippen LogP contribution in [0.15, 0.2) is 54.6 Å². The lowest BCUT2D eigenvalue weighted by Gasteiger charge is -2.32. The van der Waals surface area contributed by atoms with Crippen LogP contribution in [0.25, 0.3) is 0 Å². The molecule has 0 heterocycles. The highest BCUT2D eigenvalue weighted by molar-refractivity contribution is 7.92. The first-order valence-electron chi connectivity index (χ1n) is 12.6. The number of amides is 2. The first-order valence-corrected chi connectivity index (χ1v) is 14.4. The third kappa shape index (κ3) is 7.78. The van der Waals surface area contributed by atoms with Gasteiger partial charge in [-0.15, -0.1) is 0 Å².